The van der Waals surface area contributed by atoms with Crippen LogP contribution in [-0.4, -0.2) is 34.9 Å². The van der Waals surface area contributed by atoms with Crippen LogP contribution in [0.5, 0.6) is 11.5 Å². The van der Waals surface area contributed by atoms with Crippen molar-refractivity contribution in [2.45, 2.75) is 71.9 Å². The smallest absolute Gasteiger partial charge is 0.295 e. The second-order valence-corrected chi connectivity index (χ2v) is 11.5. The highest BCUT2D eigenvalue weighted by Crippen LogP contribution is 2.41. The molecule has 1 fully saturated rings. The molecule has 3 aromatic carbocycles. The van der Waals surface area contributed by atoms with Crippen molar-refractivity contribution in [2.24, 2.45) is 0 Å². The second kappa shape index (κ2) is 13.1. The van der Waals surface area contributed by atoms with Gasteiger partial charge in [-0.25, -0.2) is 0 Å². The van der Waals surface area contributed by atoms with E-state index in [1.165, 1.54) is 4.90 Å². The summed E-state index contributed by atoms with van der Waals surface area (Å²) in [7, 11) is 0. The van der Waals surface area contributed by atoms with E-state index in [4.69, 9.17) is 9.47 Å². The summed E-state index contributed by atoms with van der Waals surface area (Å²) in [6, 6.07) is 21.7. The maximum Gasteiger partial charge on any atom is 0.295 e. The van der Waals surface area contributed by atoms with Gasteiger partial charge in [-0.2, -0.15) is 0 Å². The van der Waals surface area contributed by atoms with Crippen LogP contribution in [0.15, 0.2) is 78.4 Å². The van der Waals surface area contributed by atoms with Crippen LogP contribution in [0.3, 0.4) is 0 Å². The van der Waals surface area contributed by atoms with Gasteiger partial charge in [-0.1, -0.05) is 76.9 Å². The highest BCUT2D eigenvalue weighted by atomic mass is 16.5. The van der Waals surface area contributed by atoms with Crippen LogP contribution >= 0.6 is 0 Å². The van der Waals surface area contributed by atoms with Crippen molar-refractivity contribution in [2.75, 3.05) is 13.2 Å². The van der Waals surface area contributed by atoms with Crippen molar-refractivity contribution in [1.82, 2.24) is 4.90 Å². The molecular formula is C35H41NO5. The Labute approximate surface area is 243 Å². The number of amides is 1. The summed E-state index contributed by atoms with van der Waals surface area (Å²) in [5.41, 5.74) is 3.21. The minimum absolute atomic E-state index is 0.0551. The standard InChI is InChI=1S/C35H41NO5/c1-6-8-9-21-41-28-19-15-26(16-20-28)32(37)30-31(25-13-17-27(18-14-25)35(3,4)5)36(34(39)33(30)38)23-24-11-10-12-29(22-24)40-7-2/h10-20,22,31,37H,6-9,21,23H2,1-5H3/b32-30-. The predicted octanol–water partition coefficient (Wildman–Crippen LogP) is 7.57. The Morgan fingerprint density at radius 2 is 1.59 bits per heavy atom. The first-order valence-electron chi connectivity index (χ1n) is 14.5. The molecule has 1 N–H and O–H groups in total. The van der Waals surface area contributed by atoms with E-state index in [1.54, 1.807) is 24.3 Å². The van der Waals surface area contributed by atoms with E-state index in [0.29, 0.717) is 30.3 Å². The number of benzene rings is 3. The SMILES string of the molecule is CCCCCOc1ccc(/C(O)=C2/C(=O)C(=O)N(Cc3cccc(OCC)c3)C2c2ccc(C(C)(C)C)cc2)cc1. The van der Waals surface area contributed by atoms with Gasteiger partial charge >= 0.3 is 0 Å². The van der Waals surface area contributed by atoms with Gasteiger partial charge in [0.2, 0.25) is 0 Å². The van der Waals surface area contributed by atoms with E-state index in [1.807, 2.05) is 55.5 Å². The fraction of sp³-hybridized carbons (Fsp3) is 0.371. The number of ether oxygens (including phenoxy) is 2. The van der Waals surface area contributed by atoms with Gasteiger partial charge in [0.1, 0.15) is 17.3 Å². The van der Waals surface area contributed by atoms with Crippen LogP contribution in [0.25, 0.3) is 5.76 Å². The molecule has 1 aliphatic heterocycles. The van der Waals surface area contributed by atoms with Crippen LogP contribution in [0, 0.1) is 0 Å². The number of hydrogen-bond acceptors (Lipinski definition) is 5. The highest BCUT2D eigenvalue weighted by molar-refractivity contribution is 6.46. The molecule has 0 aromatic heterocycles. The lowest BCUT2D eigenvalue weighted by Crippen LogP contribution is -2.29. The van der Waals surface area contributed by atoms with Crippen molar-refractivity contribution in [3.05, 3.63) is 101 Å². The Bertz CT molecular complexity index is 1380. The third kappa shape index (κ3) is 6.99. The molecular weight excluding hydrogens is 514 g/mol. The minimum atomic E-state index is -0.746. The molecule has 3 aromatic rings. The van der Waals surface area contributed by atoms with Gasteiger partial charge in [0.25, 0.3) is 11.7 Å². The largest absolute Gasteiger partial charge is 0.507 e. The summed E-state index contributed by atoms with van der Waals surface area (Å²) in [6.45, 7) is 11.8. The summed E-state index contributed by atoms with van der Waals surface area (Å²) in [5, 5.41) is 11.5. The number of aliphatic hydroxyl groups excluding tert-OH is 1. The second-order valence-electron chi connectivity index (χ2n) is 11.5. The fourth-order valence-electron chi connectivity index (χ4n) is 5.06. The maximum atomic E-state index is 13.5. The molecule has 1 aliphatic rings. The normalized spacial score (nSPS) is 16.7. The van der Waals surface area contributed by atoms with Crippen molar-refractivity contribution in [3.8, 4) is 11.5 Å². The number of unbranched alkanes of at least 4 members (excludes halogenated alkanes) is 2. The molecule has 1 amide bonds. The zero-order chi connectivity index (χ0) is 29.6. The Kier molecular flexibility index (Phi) is 9.53. The zero-order valence-electron chi connectivity index (χ0n) is 24.8. The zero-order valence-corrected chi connectivity index (χ0v) is 24.8. The number of ketones is 1. The van der Waals surface area contributed by atoms with E-state index in [-0.39, 0.29) is 23.3 Å². The lowest BCUT2D eigenvalue weighted by Gasteiger charge is -2.27. The third-order valence-corrected chi connectivity index (χ3v) is 7.34. The maximum absolute atomic E-state index is 13.5. The molecule has 0 aliphatic carbocycles. The van der Waals surface area contributed by atoms with Gasteiger partial charge in [-0.3, -0.25) is 9.59 Å². The van der Waals surface area contributed by atoms with E-state index >= 15 is 0 Å². The summed E-state index contributed by atoms with van der Waals surface area (Å²) in [5.74, 6) is -0.148. The first-order valence-corrected chi connectivity index (χ1v) is 14.5. The number of carbonyl (C=O) groups is 2. The highest BCUT2D eigenvalue weighted by Gasteiger charge is 2.46. The number of hydrogen-bond donors (Lipinski definition) is 1. The molecule has 41 heavy (non-hydrogen) atoms. The fourth-order valence-corrected chi connectivity index (χ4v) is 5.06. The van der Waals surface area contributed by atoms with E-state index in [9.17, 15) is 14.7 Å². The minimum Gasteiger partial charge on any atom is -0.507 e. The molecule has 0 bridgehead atoms. The molecule has 1 heterocycles. The van der Waals surface area contributed by atoms with Crippen LogP contribution in [0.1, 0.15) is 82.2 Å². The average molecular weight is 556 g/mol. The van der Waals surface area contributed by atoms with Gasteiger partial charge in [-0.05, 0) is 71.8 Å². The Balaban J connectivity index is 1.73. The molecule has 0 spiro atoms. The van der Waals surface area contributed by atoms with Gasteiger partial charge in [0, 0.05) is 12.1 Å². The first kappa shape index (κ1) is 29.9. The quantitative estimate of drug-likeness (QED) is 0.114. The molecule has 0 saturated carbocycles. The summed E-state index contributed by atoms with van der Waals surface area (Å²) >= 11 is 0. The number of carbonyl (C=O) groups excluding carboxylic acids is 2. The number of aliphatic hydroxyl groups is 1. The monoisotopic (exact) mass is 555 g/mol. The van der Waals surface area contributed by atoms with Crippen molar-refractivity contribution in [1.29, 1.82) is 0 Å². The van der Waals surface area contributed by atoms with Crippen molar-refractivity contribution < 1.29 is 24.2 Å². The predicted molar refractivity (Wildman–Crippen MR) is 162 cm³/mol. The van der Waals surface area contributed by atoms with Gasteiger partial charge in [-0.15, -0.1) is 0 Å². The number of likely N-dealkylation sites (tertiary alicyclic amines) is 1. The number of nitrogens with zero attached hydrogens (tertiary/aromatic N) is 1. The van der Waals surface area contributed by atoms with Crippen molar-refractivity contribution in [3.63, 3.8) is 0 Å². The molecule has 1 atom stereocenters. The van der Waals surface area contributed by atoms with Gasteiger partial charge < -0.3 is 19.5 Å². The first-order chi connectivity index (χ1) is 19.6. The van der Waals surface area contributed by atoms with Crippen LogP contribution in [0.2, 0.25) is 0 Å². The molecule has 1 unspecified atom stereocenters. The summed E-state index contributed by atoms with van der Waals surface area (Å²) in [4.78, 5) is 28.5. The molecule has 0 radical (unpaired) electrons. The Morgan fingerprint density at radius 1 is 0.878 bits per heavy atom. The van der Waals surface area contributed by atoms with E-state index < -0.39 is 17.7 Å². The number of rotatable bonds is 11. The topological polar surface area (TPSA) is 76.1 Å². The van der Waals surface area contributed by atoms with E-state index in [0.717, 1.165) is 36.0 Å². The Hall–Kier alpha value is -4.06. The Morgan fingerprint density at radius 3 is 2.22 bits per heavy atom. The molecule has 216 valence electrons. The molecule has 6 nitrogen and oxygen atoms in total. The van der Waals surface area contributed by atoms with Crippen molar-refractivity contribution >= 4 is 17.4 Å². The molecule has 4 rings (SSSR count). The summed E-state index contributed by atoms with van der Waals surface area (Å²) < 4.78 is 11.5. The number of Topliss-reactive ketones (excluding diaryl/α,β-unsaturated/α-hetero) is 1. The molecule has 1 saturated heterocycles. The van der Waals surface area contributed by atoms with Crippen LogP contribution in [-0.2, 0) is 21.5 Å². The van der Waals surface area contributed by atoms with E-state index in [2.05, 4.69) is 27.7 Å². The van der Waals surface area contributed by atoms with Crippen LogP contribution in [0.4, 0.5) is 0 Å². The third-order valence-electron chi connectivity index (χ3n) is 7.34. The van der Waals surface area contributed by atoms with Gasteiger partial charge in [0.15, 0.2) is 0 Å². The summed E-state index contributed by atoms with van der Waals surface area (Å²) in [6.07, 6.45) is 3.19. The lowest BCUT2D eigenvalue weighted by molar-refractivity contribution is -0.140. The van der Waals surface area contributed by atoms with Crippen LogP contribution < -0.4 is 9.47 Å². The van der Waals surface area contributed by atoms with Gasteiger partial charge in [0.05, 0.1) is 24.8 Å². The average Bonchev–Trinajstić information content (AvgIpc) is 3.20. The molecule has 6 heteroatoms. The lowest BCUT2D eigenvalue weighted by atomic mass is 9.85.